The van der Waals surface area contributed by atoms with Gasteiger partial charge in [-0.3, -0.25) is 9.52 Å². The fraction of sp³-hybridized carbons (Fsp3) is 0.500. The van der Waals surface area contributed by atoms with Crippen molar-refractivity contribution in [2.75, 3.05) is 5.75 Å². The van der Waals surface area contributed by atoms with Gasteiger partial charge in [-0.15, -0.1) is 0 Å². The van der Waals surface area contributed by atoms with Crippen LogP contribution in [0.3, 0.4) is 0 Å². The number of hydrogen-bond acceptors (Lipinski definition) is 3. The minimum atomic E-state index is -3.43. The zero-order valence-electron chi connectivity index (χ0n) is 5.05. The third-order valence-corrected chi connectivity index (χ3v) is 1.70. The quantitative estimate of drug-likeness (QED) is 0.565. The van der Waals surface area contributed by atoms with Gasteiger partial charge in [0.25, 0.3) is 0 Å². The minimum absolute atomic E-state index is 0.313. The lowest BCUT2D eigenvalue weighted by Crippen LogP contribution is -2.29. The summed E-state index contributed by atoms with van der Waals surface area (Å²) in [6.45, 7) is 4.24. The Hall–Kier alpha value is -0.580. The van der Waals surface area contributed by atoms with E-state index in [0.29, 0.717) is 0 Å². The predicted molar refractivity (Wildman–Crippen MR) is 33.0 cm³/mol. The summed E-state index contributed by atoms with van der Waals surface area (Å²) in [4.78, 5) is 10.1. The fourth-order valence-corrected chi connectivity index (χ4v) is 0.810. The van der Waals surface area contributed by atoms with Crippen LogP contribution in [0.2, 0.25) is 0 Å². The van der Waals surface area contributed by atoms with Gasteiger partial charge < -0.3 is 0 Å². The predicted octanol–water partition coefficient (Wildman–Crippen LogP) is -0.714. The van der Waals surface area contributed by atoms with Gasteiger partial charge in [0.2, 0.25) is 15.9 Å². The van der Waals surface area contributed by atoms with Crippen LogP contribution < -0.4 is 4.72 Å². The van der Waals surface area contributed by atoms with Crippen LogP contribution in [-0.4, -0.2) is 20.1 Å². The molecule has 9 heavy (non-hydrogen) atoms. The van der Waals surface area contributed by atoms with Gasteiger partial charge in [-0.1, -0.05) is 0 Å². The van der Waals surface area contributed by atoms with Crippen molar-refractivity contribution in [3.8, 4) is 0 Å². The Morgan fingerprint density at radius 2 is 2.11 bits per heavy atom. The van der Waals surface area contributed by atoms with E-state index in [2.05, 4.69) is 6.92 Å². The molecule has 0 spiro atoms. The van der Waals surface area contributed by atoms with E-state index >= 15 is 0 Å². The minimum Gasteiger partial charge on any atom is -0.274 e. The van der Waals surface area contributed by atoms with Crippen molar-refractivity contribution in [2.45, 2.75) is 6.92 Å². The molecule has 1 amide bonds. The SMILES string of the molecule is [CH2]CS(=O)(=O)NC(C)=O. The van der Waals surface area contributed by atoms with E-state index in [-0.39, 0.29) is 5.75 Å². The van der Waals surface area contributed by atoms with E-state index in [0.717, 1.165) is 6.92 Å². The lowest BCUT2D eigenvalue weighted by molar-refractivity contribution is -0.117. The maximum Gasteiger partial charge on any atom is 0.234 e. The molecule has 0 rings (SSSR count). The molecule has 0 unspecified atom stereocenters. The normalized spacial score (nSPS) is 10.9. The summed E-state index contributed by atoms with van der Waals surface area (Å²) in [6.07, 6.45) is 0. The van der Waals surface area contributed by atoms with Crippen LogP contribution >= 0.6 is 0 Å². The number of sulfonamides is 1. The first-order valence-electron chi connectivity index (χ1n) is 2.28. The molecule has 1 N–H and O–H groups in total. The number of carbonyl (C=O) groups is 1. The van der Waals surface area contributed by atoms with Crippen LogP contribution in [0.1, 0.15) is 6.92 Å². The highest BCUT2D eigenvalue weighted by Crippen LogP contribution is 1.79. The molecule has 0 aromatic heterocycles. The van der Waals surface area contributed by atoms with Gasteiger partial charge >= 0.3 is 0 Å². The van der Waals surface area contributed by atoms with E-state index in [1.807, 2.05) is 0 Å². The zero-order valence-corrected chi connectivity index (χ0v) is 5.86. The summed E-state index contributed by atoms with van der Waals surface area (Å²) < 4.78 is 22.6. The number of nitrogens with one attached hydrogen (secondary N) is 1. The van der Waals surface area contributed by atoms with Gasteiger partial charge in [0.15, 0.2) is 0 Å². The Kier molecular flexibility index (Phi) is 2.64. The smallest absolute Gasteiger partial charge is 0.234 e. The standard InChI is InChI=1S/C4H8NO3S/c1-3-9(7,8)5-4(2)6/h1,3H2,2H3,(H,5,6). The molecule has 0 fully saturated rings. The molecule has 0 aromatic carbocycles. The molecule has 0 saturated heterocycles. The topological polar surface area (TPSA) is 63.2 Å². The number of amides is 1. The summed E-state index contributed by atoms with van der Waals surface area (Å²) in [5.74, 6) is -0.897. The van der Waals surface area contributed by atoms with Crippen LogP contribution in [0.4, 0.5) is 0 Å². The molecule has 0 aliphatic heterocycles. The second kappa shape index (κ2) is 2.82. The average Bonchev–Trinajstić information content (AvgIpc) is 1.63. The van der Waals surface area contributed by atoms with Crippen molar-refractivity contribution in [1.29, 1.82) is 0 Å². The molecule has 0 bridgehead atoms. The lowest BCUT2D eigenvalue weighted by Gasteiger charge is -1.97. The summed E-state index contributed by atoms with van der Waals surface area (Å²) in [6, 6.07) is 0. The maximum atomic E-state index is 10.4. The van der Waals surface area contributed by atoms with Gasteiger partial charge in [-0.25, -0.2) is 8.42 Å². The molecule has 53 valence electrons. The highest BCUT2D eigenvalue weighted by Gasteiger charge is 2.06. The second-order valence-corrected chi connectivity index (χ2v) is 3.32. The van der Waals surface area contributed by atoms with Crippen molar-refractivity contribution in [2.24, 2.45) is 0 Å². The van der Waals surface area contributed by atoms with Gasteiger partial charge in [0.1, 0.15) is 0 Å². The molecule has 0 aromatic rings. The Morgan fingerprint density at radius 3 is 2.22 bits per heavy atom. The van der Waals surface area contributed by atoms with E-state index in [9.17, 15) is 13.2 Å². The number of hydrogen-bond donors (Lipinski definition) is 1. The van der Waals surface area contributed by atoms with Crippen molar-refractivity contribution in [3.63, 3.8) is 0 Å². The van der Waals surface area contributed by atoms with E-state index in [4.69, 9.17) is 0 Å². The first kappa shape index (κ1) is 8.42. The van der Waals surface area contributed by atoms with Crippen molar-refractivity contribution in [3.05, 3.63) is 6.92 Å². The molecular weight excluding hydrogens is 142 g/mol. The molecule has 5 heteroatoms. The third kappa shape index (κ3) is 3.96. The molecule has 1 radical (unpaired) electrons. The Balaban J connectivity index is 4.06. The lowest BCUT2D eigenvalue weighted by atomic mass is 10.8. The number of rotatable bonds is 2. The fourth-order valence-electron chi connectivity index (χ4n) is 0.270. The molecule has 0 heterocycles. The number of carbonyl (C=O) groups excluding carboxylic acids is 1. The third-order valence-electron chi connectivity index (χ3n) is 0.568. The largest absolute Gasteiger partial charge is 0.274 e. The monoisotopic (exact) mass is 150 g/mol. The van der Waals surface area contributed by atoms with E-state index < -0.39 is 15.9 Å². The molecular formula is C4H8NO3S. The molecule has 0 aliphatic rings. The van der Waals surface area contributed by atoms with Gasteiger partial charge in [-0.2, -0.15) is 0 Å². The van der Waals surface area contributed by atoms with Crippen LogP contribution in [0, 0.1) is 6.92 Å². The summed E-state index contributed by atoms with van der Waals surface area (Å²) in [5, 5.41) is 0. The van der Waals surface area contributed by atoms with Crippen molar-refractivity contribution < 1.29 is 13.2 Å². The molecule has 0 saturated carbocycles. The second-order valence-electron chi connectivity index (χ2n) is 1.48. The van der Waals surface area contributed by atoms with E-state index in [1.54, 1.807) is 4.72 Å². The highest BCUT2D eigenvalue weighted by atomic mass is 32.2. The van der Waals surface area contributed by atoms with E-state index in [1.165, 1.54) is 0 Å². The Morgan fingerprint density at radius 1 is 1.67 bits per heavy atom. The maximum absolute atomic E-state index is 10.4. The van der Waals surface area contributed by atoms with Crippen LogP contribution in [-0.2, 0) is 14.8 Å². The summed E-state index contributed by atoms with van der Waals surface area (Å²) in [7, 11) is -3.43. The first-order chi connectivity index (χ1) is 3.98. The summed E-state index contributed by atoms with van der Waals surface area (Å²) >= 11 is 0. The molecule has 0 aliphatic carbocycles. The first-order valence-corrected chi connectivity index (χ1v) is 3.93. The summed E-state index contributed by atoms with van der Waals surface area (Å²) in [5.41, 5.74) is 0. The highest BCUT2D eigenvalue weighted by molar-refractivity contribution is 7.90. The van der Waals surface area contributed by atoms with Crippen molar-refractivity contribution >= 4 is 15.9 Å². The van der Waals surface area contributed by atoms with Gasteiger partial charge in [0, 0.05) is 6.92 Å². The molecule has 0 atom stereocenters. The average molecular weight is 150 g/mol. The van der Waals surface area contributed by atoms with Crippen LogP contribution in [0.15, 0.2) is 0 Å². The van der Waals surface area contributed by atoms with Crippen molar-refractivity contribution in [1.82, 2.24) is 4.72 Å². The zero-order chi connectivity index (χ0) is 7.49. The Labute approximate surface area is 54.3 Å². The van der Waals surface area contributed by atoms with Gasteiger partial charge in [0.05, 0.1) is 5.75 Å². The van der Waals surface area contributed by atoms with Crippen LogP contribution in [0.5, 0.6) is 0 Å². The molecule has 4 nitrogen and oxygen atoms in total. The van der Waals surface area contributed by atoms with Gasteiger partial charge in [-0.05, 0) is 6.92 Å². The Bertz CT molecular complexity index is 194. The van der Waals surface area contributed by atoms with Crippen LogP contribution in [0.25, 0.3) is 0 Å².